The van der Waals surface area contributed by atoms with Gasteiger partial charge in [-0.25, -0.2) is 13.1 Å². The Morgan fingerprint density at radius 2 is 1.77 bits per heavy atom. The molecule has 0 saturated carbocycles. The molecule has 0 fully saturated rings. The Morgan fingerprint density at radius 1 is 1.15 bits per heavy atom. The molecule has 2 aromatic carbocycles. The number of hydrogen-bond donors (Lipinski definition) is 2. The Balaban J connectivity index is 2.24. The fourth-order valence-electron chi connectivity index (χ4n) is 2.29. The highest BCUT2D eigenvalue weighted by molar-refractivity contribution is 9.10. The number of halogens is 1. The first kappa shape index (κ1) is 20.4. The summed E-state index contributed by atoms with van der Waals surface area (Å²) < 4.78 is 33.9. The molecule has 0 amide bonds. The average Bonchev–Trinajstić information content (AvgIpc) is 2.59. The number of benzene rings is 2. The zero-order chi connectivity index (χ0) is 19.2. The molecule has 0 aliphatic carbocycles. The average molecular weight is 442 g/mol. The first-order valence-electron chi connectivity index (χ1n) is 8.04. The van der Waals surface area contributed by atoms with Crippen molar-refractivity contribution in [3.05, 3.63) is 58.6 Å². The molecule has 2 N–H and O–H groups in total. The Hall–Kier alpha value is -1.90. The number of carboxylic acid groups (broad SMARTS) is 1. The first-order valence-corrected chi connectivity index (χ1v) is 10.3. The lowest BCUT2D eigenvalue weighted by Crippen LogP contribution is -2.30. The van der Waals surface area contributed by atoms with Crippen LogP contribution in [0.2, 0.25) is 0 Å². The summed E-state index contributed by atoms with van der Waals surface area (Å²) in [6, 6.07) is 12.0. The van der Waals surface area contributed by atoms with Gasteiger partial charge in [0, 0.05) is 4.47 Å². The fraction of sp³-hybridized carbons (Fsp3) is 0.278. The number of nitrogens with one attached hydrogen (secondary N) is 1. The minimum atomic E-state index is -3.86. The van der Waals surface area contributed by atoms with E-state index in [-0.39, 0.29) is 11.3 Å². The van der Waals surface area contributed by atoms with Crippen molar-refractivity contribution in [3.8, 4) is 5.75 Å². The van der Waals surface area contributed by atoms with Crippen molar-refractivity contribution < 1.29 is 23.1 Å². The summed E-state index contributed by atoms with van der Waals surface area (Å²) in [6.07, 6.45) is 0.501. The number of hydrogen-bond acceptors (Lipinski definition) is 4. The van der Waals surface area contributed by atoms with Gasteiger partial charge in [-0.2, -0.15) is 0 Å². The lowest BCUT2D eigenvalue weighted by atomic mass is 10.0. The van der Waals surface area contributed by atoms with Crippen molar-refractivity contribution in [1.82, 2.24) is 4.72 Å². The van der Waals surface area contributed by atoms with Gasteiger partial charge < -0.3 is 9.84 Å². The third-order valence-electron chi connectivity index (χ3n) is 3.56. The van der Waals surface area contributed by atoms with Crippen molar-refractivity contribution in [2.24, 2.45) is 0 Å². The summed E-state index contributed by atoms with van der Waals surface area (Å²) >= 11 is 3.25. The highest BCUT2D eigenvalue weighted by atomic mass is 79.9. The molecule has 1 atom stereocenters. The van der Waals surface area contributed by atoms with Gasteiger partial charge in [0.1, 0.15) is 5.75 Å². The molecular formula is C18H20BrNO5S. The largest absolute Gasteiger partial charge is 0.494 e. The van der Waals surface area contributed by atoms with Gasteiger partial charge >= 0.3 is 5.97 Å². The zero-order valence-electron chi connectivity index (χ0n) is 14.2. The van der Waals surface area contributed by atoms with Crippen LogP contribution in [0.25, 0.3) is 0 Å². The minimum absolute atomic E-state index is 0.0685. The van der Waals surface area contributed by atoms with E-state index in [2.05, 4.69) is 20.7 Å². The number of sulfonamides is 1. The van der Waals surface area contributed by atoms with Gasteiger partial charge in [-0.15, -0.1) is 0 Å². The number of ether oxygens (including phenoxy) is 1. The highest BCUT2D eigenvalue weighted by Gasteiger charge is 2.23. The lowest BCUT2D eigenvalue weighted by Gasteiger charge is -2.18. The molecule has 6 nitrogen and oxygen atoms in total. The number of carboxylic acids is 1. The Kier molecular flexibility index (Phi) is 7.19. The monoisotopic (exact) mass is 441 g/mol. The first-order chi connectivity index (χ1) is 12.3. The second kappa shape index (κ2) is 9.16. The van der Waals surface area contributed by atoms with Crippen LogP contribution >= 0.6 is 15.9 Å². The molecule has 1 unspecified atom stereocenters. The molecule has 26 heavy (non-hydrogen) atoms. The molecule has 0 spiro atoms. The molecule has 8 heteroatoms. The van der Waals surface area contributed by atoms with Gasteiger partial charge in [0.05, 0.1) is 24.0 Å². The van der Waals surface area contributed by atoms with Gasteiger partial charge in [-0.1, -0.05) is 35.0 Å². The van der Waals surface area contributed by atoms with Crippen LogP contribution in [0.5, 0.6) is 5.75 Å². The summed E-state index contributed by atoms with van der Waals surface area (Å²) in [4.78, 5) is 11.3. The summed E-state index contributed by atoms with van der Waals surface area (Å²) in [6.45, 7) is 2.57. The van der Waals surface area contributed by atoms with Crippen LogP contribution in [0.3, 0.4) is 0 Å². The minimum Gasteiger partial charge on any atom is -0.494 e. The molecule has 2 rings (SSSR count). The Bertz CT molecular complexity index is 835. The standard InChI is InChI=1S/C18H20BrNO5S/c1-2-11-25-15-7-3-13(4-8-15)17(12-18(21)22)20-26(23,24)16-9-5-14(19)6-10-16/h3-10,17,20H,2,11-12H2,1H3,(H,21,22). The van der Waals surface area contributed by atoms with Gasteiger partial charge in [0.25, 0.3) is 0 Å². The third kappa shape index (κ3) is 5.82. The fourth-order valence-corrected chi connectivity index (χ4v) is 3.78. The Labute approximate surface area is 161 Å². The van der Waals surface area contributed by atoms with E-state index in [9.17, 15) is 13.2 Å². The van der Waals surface area contributed by atoms with Crippen molar-refractivity contribution in [2.45, 2.75) is 30.7 Å². The van der Waals surface area contributed by atoms with Crippen molar-refractivity contribution in [1.29, 1.82) is 0 Å². The van der Waals surface area contributed by atoms with Gasteiger partial charge in [0.2, 0.25) is 10.0 Å². The lowest BCUT2D eigenvalue weighted by molar-refractivity contribution is -0.137. The van der Waals surface area contributed by atoms with E-state index < -0.39 is 22.0 Å². The van der Waals surface area contributed by atoms with E-state index in [1.54, 1.807) is 36.4 Å². The topological polar surface area (TPSA) is 92.7 Å². The molecule has 140 valence electrons. The highest BCUT2D eigenvalue weighted by Crippen LogP contribution is 2.24. The molecule has 2 aromatic rings. The van der Waals surface area contributed by atoms with E-state index in [0.717, 1.165) is 10.9 Å². The molecule has 0 aliphatic heterocycles. The maximum absolute atomic E-state index is 12.6. The molecule has 0 aliphatic rings. The molecule has 0 bridgehead atoms. The van der Waals surface area contributed by atoms with E-state index in [4.69, 9.17) is 9.84 Å². The summed E-state index contributed by atoms with van der Waals surface area (Å²) in [7, 11) is -3.86. The van der Waals surface area contributed by atoms with Gasteiger partial charge in [-0.3, -0.25) is 4.79 Å². The van der Waals surface area contributed by atoms with Gasteiger partial charge in [0.15, 0.2) is 0 Å². The van der Waals surface area contributed by atoms with Crippen molar-refractivity contribution in [2.75, 3.05) is 6.61 Å². The molecule has 0 aromatic heterocycles. The Morgan fingerprint density at radius 3 is 2.31 bits per heavy atom. The van der Waals surface area contributed by atoms with Crippen molar-refractivity contribution >= 4 is 31.9 Å². The second-order valence-corrected chi connectivity index (χ2v) is 8.27. The molecule has 0 heterocycles. The quantitative estimate of drug-likeness (QED) is 0.618. The van der Waals surface area contributed by atoms with Crippen LogP contribution in [-0.2, 0) is 14.8 Å². The van der Waals surface area contributed by atoms with E-state index >= 15 is 0 Å². The van der Waals surface area contributed by atoms with Crippen molar-refractivity contribution in [3.63, 3.8) is 0 Å². The smallest absolute Gasteiger partial charge is 0.305 e. The maximum atomic E-state index is 12.6. The van der Waals surface area contributed by atoms with Crippen LogP contribution in [0.15, 0.2) is 57.9 Å². The predicted octanol–water partition coefficient (Wildman–Crippen LogP) is 3.73. The predicted molar refractivity (Wildman–Crippen MR) is 102 cm³/mol. The van der Waals surface area contributed by atoms with Crippen LogP contribution in [0.1, 0.15) is 31.4 Å². The molecule has 0 saturated heterocycles. The summed E-state index contributed by atoms with van der Waals surface area (Å²) in [5, 5.41) is 9.15. The van der Waals surface area contributed by atoms with Crippen LogP contribution in [-0.4, -0.2) is 26.1 Å². The van der Waals surface area contributed by atoms with E-state index in [0.29, 0.717) is 17.9 Å². The maximum Gasteiger partial charge on any atom is 0.305 e. The van der Waals surface area contributed by atoms with Crippen LogP contribution in [0.4, 0.5) is 0 Å². The second-order valence-electron chi connectivity index (χ2n) is 5.64. The molecular weight excluding hydrogens is 422 g/mol. The normalized spacial score (nSPS) is 12.5. The van der Waals surface area contributed by atoms with E-state index in [1.165, 1.54) is 12.1 Å². The molecule has 0 radical (unpaired) electrons. The van der Waals surface area contributed by atoms with Crippen LogP contribution in [0, 0.1) is 0 Å². The number of aliphatic carboxylic acids is 1. The summed E-state index contributed by atoms with van der Waals surface area (Å²) in [5.74, 6) is -0.444. The number of carbonyl (C=O) groups is 1. The number of rotatable bonds is 9. The third-order valence-corrected chi connectivity index (χ3v) is 5.57. The SMILES string of the molecule is CCCOc1ccc(C(CC(=O)O)NS(=O)(=O)c2ccc(Br)cc2)cc1. The van der Waals surface area contributed by atoms with Crippen LogP contribution < -0.4 is 9.46 Å². The zero-order valence-corrected chi connectivity index (χ0v) is 16.6. The van der Waals surface area contributed by atoms with Gasteiger partial charge in [-0.05, 0) is 48.4 Å². The summed E-state index contributed by atoms with van der Waals surface area (Å²) in [5.41, 5.74) is 0.553. The van der Waals surface area contributed by atoms with E-state index in [1.807, 2.05) is 6.92 Å².